The Morgan fingerprint density at radius 1 is 1.45 bits per heavy atom. The van der Waals surface area contributed by atoms with E-state index in [2.05, 4.69) is 20.3 Å². The van der Waals surface area contributed by atoms with Crippen molar-refractivity contribution in [2.24, 2.45) is 7.05 Å². The first-order valence-corrected chi connectivity index (χ1v) is 7.52. The molecule has 7 nitrogen and oxygen atoms in total. The Morgan fingerprint density at radius 2 is 2.27 bits per heavy atom. The fourth-order valence-electron chi connectivity index (χ4n) is 2.97. The number of anilines is 1. The summed E-state index contributed by atoms with van der Waals surface area (Å²) in [5.41, 5.74) is 0.384. The Bertz CT molecular complexity index is 675. The molecule has 1 N–H and O–H groups in total. The molecule has 1 aliphatic rings. The van der Waals surface area contributed by atoms with Gasteiger partial charge in [0.15, 0.2) is 11.6 Å². The molecule has 0 unspecified atom stereocenters. The van der Waals surface area contributed by atoms with Crippen molar-refractivity contribution < 1.29 is 9.21 Å². The summed E-state index contributed by atoms with van der Waals surface area (Å²) < 4.78 is 7.18. The number of aromatic nitrogens is 3. The van der Waals surface area contributed by atoms with Crippen LogP contribution < -0.4 is 10.2 Å². The highest BCUT2D eigenvalue weighted by Gasteiger charge is 2.25. The van der Waals surface area contributed by atoms with E-state index < -0.39 is 0 Å². The molecule has 1 aliphatic heterocycles. The average Bonchev–Trinajstić information content (AvgIpc) is 3.04. The van der Waals surface area contributed by atoms with Crippen molar-refractivity contribution in [2.75, 3.05) is 18.0 Å². The Morgan fingerprint density at radius 3 is 2.91 bits per heavy atom. The molecular formula is C15H21N5O2. The number of piperidine rings is 1. The number of nitrogens with one attached hydrogen (secondary N) is 1. The highest BCUT2D eigenvalue weighted by Crippen LogP contribution is 2.19. The molecule has 0 saturated carbocycles. The molecule has 1 amide bonds. The number of hydrogen-bond donors (Lipinski definition) is 1. The van der Waals surface area contributed by atoms with Crippen LogP contribution in [-0.2, 0) is 7.05 Å². The van der Waals surface area contributed by atoms with Crippen LogP contribution in [0.5, 0.6) is 0 Å². The average molecular weight is 303 g/mol. The van der Waals surface area contributed by atoms with Gasteiger partial charge in [-0.25, -0.2) is 4.98 Å². The van der Waals surface area contributed by atoms with Gasteiger partial charge in [-0.05, 0) is 19.8 Å². The van der Waals surface area contributed by atoms with Gasteiger partial charge in [0.2, 0.25) is 0 Å². The van der Waals surface area contributed by atoms with Gasteiger partial charge in [0.25, 0.3) is 5.91 Å². The maximum Gasteiger partial charge on any atom is 0.273 e. The van der Waals surface area contributed by atoms with Crippen molar-refractivity contribution in [3.63, 3.8) is 0 Å². The molecule has 7 heteroatoms. The number of amides is 1. The lowest BCUT2D eigenvalue weighted by Gasteiger charge is -2.34. The third kappa shape index (κ3) is 2.84. The van der Waals surface area contributed by atoms with Crippen LogP contribution in [0.1, 0.15) is 35.0 Å². The van der Waals surface area contributed by atoms with E-state index in [4.69, 9.17) is 4.42 Å². The highest BCUT2D eigenvalue weighted by molar-refractivity contribution is 5.93. The van der Waals surface area contributed by atoms with Crippen molar-refractivity contribution >= 4 is 11.7 Å². The summed E-state index contributed by atoms with van der Waals surface area (Å²) in [6.07, 6.45) is 3.79. The molecule has 0 aliphatic carbocycles. The number of nitrogens with zero attached hydrogens (tertiary/aromatic N) is 4. The lowest BCUT2D eigenvalue weighted by molar-refractivity contribution is 0.0927. The molecule has 2 aromatic heterocycles. The van der Waals surface area contributed by atoms with Crippen LogP contribution in [0.25, 0.3) is 0 Å². The number of aryl methyl sites for hydroxylation is 3. The molecule has 3 heterocycles. The van der Waals surface area contributed by atoms with Crippen molar-refractivity contribution in [2.45, 2.75) is 32.7 Å². The van der Waals surface area contributed by atoms with Gasteiger partial charge in [-0.15, -0.1) is 0 Å². The first-order valence-electron chi connectivity index (χ1n) is 7.52. The summed E-state index contributed by atoms with van der Waals surface area (Å²) in [6.45, 7) is 5.27. The molecule has 22 heavy (non-hydrogen) atoms. The number of oxazole rings is 1. The molecule has 118 valence electrons. The summed E-state index contributed by atoms with van der Waals surface area (Å²) in [5, 5.41) is 7.27. The van der Waals surface area contributed by atoms with Gasteiger partial charge in [-0.3, -0.25) is 9.48 Å². The summed E-state index contributed by atoms with van der Waals surface area (Å²) in [7, 11) is 1.93. The zero-order chi connectivity index (χ0) is 15.7. The molecular weight excluding hydrogens is 282 g/mol. The number of hydrogen-bond acceptors (Lipinski definition) is 5. The van der Waals surface area contributed by atoms with Crippen LogP contribution in [0.3, 0.4) is 0 Å². The summed E-state index contributed by atoms with van der Waals surface area (Å²) >= 11 is 0. The summed E-state index contributed by atoms with van der Waals surface area (Å²) in [4.78, 5) is 18.7. The van der Waals surface area contributed by atoms with E-state index in [0.29, 0.717) is 17.3 Å². The topological polar surface area (TPSA) is 76.2 Å². The molecule has 3 rings (SSSR count). The van der Waals surface area contributed by atoms with Gasteiger partial charge in [-0.2, -0.15) is 5.10 Å². The SMILES string of the molecule is Cc1nc(C(=O)N[C@H]2CCCN(c3ccnn3C)C2)c(C)o1. The number of rotatable bonds is 3. The molecule has 0 bridgehead atoms. The fourth-order valence-corrected chi connectivity index (χ4v) is 2.97. The monoisotopic (exact) mass is 303 g/mol. The second-order valence-corrected chi connectivity index (χ2v) is 5.71. The molecule has 0 aromatic carbocycles. The Labute approximate surface area is 129 Å². The van der Waals surface area contributed by atoms with Gasteiger partial charge < -0.3 is 14.6 Å². The van der Waals surface area contributed by atoms with E-state index in [1.165, 1.54) is 0 Å². The van der Waals surface area contributed by atoms with Gasteiger partial charge in [0.05, 0.1) is 6.20 Å². The Balaban J connectivity index is 1.67. The highest BCUT2D eigenvalue weighted by atomic mass is 16.4. The van der Waals surface area contributed by atoms with E-state index in [9.17, 15) is 4.79 Å². The largest absolute Gasteiger partial charge is 0.445 e. The van der Waals surface area contributed by atoms with Crippen LogP contribution in [0.4, 0.5) is 5.82 Å². The van der Waals surface area contributed by atoms with Crippen molar-refractivity contribution in [1.29, 1.82) is 0 Å². The number of carbonyl (C=O) groups excluding carboxylic acids is 1. The first-order chi connectivity index (χ1) is 10.5. The predicted molar refractivity (Wildman–Crippen MR) is 81.9 cm³/mol. The molecule has 0 spiro atoms. The van der Waals surface area contributed by atoms with Crippen molar-refractivity contribution in [3.8, 4) is 0 Å². The third-order valence-electron chi connectivity index (χ3n) is 3.99. The van der Waals surface area contributed by atoms with E-state index in [1.807, 2.05) is 17.8 Å². The zero-order valence-corrected chi connectivity index (χ0v) is 13.2. The van der Waals surface area contributed by atoms with E-state index in [0.717, 1.165) is 31.7 Å². The smallest absolute Gasteiger partial charge is 0.273 e. The van der Waals surface area contributed by atoms with Crippen molar-refractivity contribution in [3.05, 3.63) is 29.6 Å². The quantitative estimate of drug-likeness (QED) is 0.928. The maximum atomic E-state index is 12.3. The second kappa shape index (κ2) is 5.82. The third-order valence-corrected chi connectivity index (χ3v) is 3.99. The molecule has 1 atom stereocenters. The Hall–Kier alpha value is -2.31. The van der Waals surface area contributed by atoms with Crippen LogP contribution in [-0.4, -0.2) is 39.8 Å². The minimum Gasteiger partial charge on any atom is -0.445 e. The molecule has 0 radical (unpaired) electrons. The molecule has 2 aromatic rings. The van der Waals surface area contributed by atoms with Crippen LogP contribution in [0.15, 0.2) is 16.7 Å². The summed E-state index contributed by atoms with van der Waals surface area (Å²) in [6, 6.07) is 2.10. The van der Waals surface area contributed by atoms with Gasteiger partial charge >= 0.3 is 0 Å². The molecule has 1 saturated heterocycles. The normalized spacial score (nSPS) is 18.5. The zero-order valence-electron chi connectivity index (χ0n) is 13.2. The minimum atomic E-state index is -0.161. The lowest BCUT2D eigenvalue weighted by Crippen LogP contribution is -2.48. The van der Waals surface area contributed by atoms with Gasteiger partial charge in [-0.1, -0.05) is 0 Å². The minimum absolute atomic E-state index is 0.104. The van der Waals surface area contributed by atoms with Crippen LogP contribution >= 0.6 is 0 Å². The van der Waals surface area contributed by atoms with Crippen LogP contribution in [0, 0.1) is 13.8 Å². The van der Waals surface area contributed by atoms with Crippen molar-refractivity contribution in [1.82, 2.24) is 20.1 Å². The van der Waals surface area contributed by atoms with E-state index in [-0.39, 0.29) is 11.9 Å². The second-order valence-electron chi connectivity index (χ2n) is 5.71. The van der Waals surface area contributed by atoms with Gasteiger partial charge in [0, 0.05) is 39.2 Å². The lowest BCUT2D eigenvalue weighted by atomic mass is 10.1. The van der Waals surface area contributed by atoms with E-state index in [1.54, 1.807) is 20.0 Å². The first kappa shape index (κ1) is 14.6. The molecule has 1 fully saturated rings. The fraction of sp³-hybridized carbons (Fsp3) is 0.533. The standard InChI is InChI=1S/C15H21N5O2/c1-10-14(17-11(2)22-10)15(21)18-12-5-4-8-20(9-12)13-6-7-16-19(13)3/h6-7,12H,4-5,8-9H2,1-3H3,(H,18,21)/t12-/m0/s1. The van der Waals surface area contributed by atoms with Crippen LogP contribution in [0.2, 0.25) is 0 Å². The maximum absolute atomic E-state index is 12.3. The predicted octanol–water partition coefficient (Wildman–Crippen LogP) is 1.42. The van der Waals surface area contributed by atoms with Gasteiger partial charge in [0.1, 0.15) is 11.6 Å². The van der Waals surface area contributed by atoms with E-state index >= 15 is 0 Å². The Kier molecular flexibility index (Phi) is 3.87. The summed E-state index contributed by atoms with van der Waals surface area (Å²) in [5.74, 6) is 2.00. The number of carbonyl (C=O) groups is 1.